The maximum atomic E-state index is 12.2. The van der Waals surface area contributed by atoms with E-state index in [2.05, 4.69) is 6.92 Å². The predicted octanol–water partition coefficient (Wildman–Crippen LogP) is 5.85. The molecule has 1 amide bonds. The molecular formula is C22H41NO4. The minimum atomic E-state index is -0.457. The van der Waals surface area contributed by atoms with Crippen LogP contribution in [0.5, 0.6) is 0 Å². The largest absolute Gasteiger partial charge is 0.464 e. The number of likely N-dealkylation sites (tertiary alicyclic amines) is 1. The molecule has 5 nitrogen and oxygen atoms in total. The number of hydrogen-bond acceptors (Lipinski definition) is 4. The third-order valence-electron chi connectivity index (χ3n) is 5.27. The van der Waals surface area contributed by atoms with Gasteiger partial charge in [-0.3, -0.25) is 4.90 Å². The number of esters is 1. The maximum absolute atomic E-state index is 12.2. The van der Waals surface area contributed by atoms with Crippen molar-refractivity contribution in [3.63, 3.8) is 0 Å². The lowest BCUT2D eigenvalue weighted by Crippen LogP contribution is -2.41. The molecule has 0 saturated carbocycles. The summed E-state index contributed by atoms with van der Waals surface area (Å²) >= 11 is 0. The fourth-order valence-corrected chi connectivity index (χ4v) is 3.65. The molecule has 1 unspecified atom stereocenters. The average molecular weight is 384 g/mol. The van der Waals surface area contributed by atoms with Crippen LogP contribution in [0.3, 0.4) is 0 Å². The number of unbranched alkanes of at least 4 members (excludes halogenated alkanes) is 11. The molecule has 1 fully saturated rings. The Hall–Kier alpha value is -1.26. The summed E-state index contributed by atoms with van der Waals surface area (Å²) in [7, 11) is 0. The van der Waals surface area contributed by atoms with Gasteiger partial charge in [0.1, 0.15) is 6.04 Å². The van der Waals surface area contributed by atoms with E-state index >= 15 is 0 Å². The zero-order chi connectivity index (χ0) is 19.7. The fraction of sp³-hybridized carbons (Fsp3) is 0.909. The zero-order valence-corrected chi connectivity index (χ0v) is 17.7. The number of amides is 1. The van der Waals surface area contributed by atoms with E-state index in [1.165, 1.54) is 69.1 Å². The quantitative estimate of drug-likeness (QED) is 0.263. The van der Waals surface area contributed by atoms with Gasteiger partial charge in [0.05, 0.1) is 13.2 Å². The molecule has 0 radical (unpaired) electrons. The summed E-state index contributed by atoms with van der Waals surface area (Å²) in [5, 5.41) is 0. The number of carbonyl (C=O) groups excluding carboxylic acids is 2. The van der Waals surface area contributed by atoms with Crippen molar-refractivity contribution in [2.45, 2.75) is 110 Å². The van der Waals surface area contributed by atoms with Crippen molar-refractivity contribution in [3.05, 3.63) is 0 Å². The van der Waals surface area contributed by atoms with E-state index < -0.39 is 12.1 Å². The standard InChI is InChI=1S/C22H41NO4/c1-3-5-6-7-8-9-10-11-12-13-14-15-19-27-21(24)20-17-16-18-23(20)22(25)26-4-2/h20H,3-19H2,1-2H3. The zero-order valence-electron chi connectivity index (χ0n) is 17.7. The smallest absolute Gasteiger partial charge is 0.410 e. The van der Waals surface area contributed by atoms with Gasteiger partial charge in [0.25, 0.3) is 0 Å². The highest BCUT2D eigenvalue weighted by molar-refractivity contribution is 5.82. The minimum absolute atomic E-state index is 0.274. The highest BCUT2D eigenvalue weighted by Crippen LogP contribution is 2.20. The van der Waals surface area contributed by atoms with Gasteiger partial charge < -0.3 is 9.47 Å². The Labute approximate surface area is 166 Å². The first-order chi connectivity index (χ1) is 13.2. The fourth-order valence-electron chi connectivity index (χ4n) is 3.65. The molecule has 1 saturated heterocycles. The van der Waals surface area contributed by atoms with Crippen molar-refractivity contribution in [2.75, 3.05) is 19.8 Å². The van der Waals surface area contributed by atoms with Crippen molar-refractivity contribution in [2.24, 2.45) is 0 Å². The SMILES string of the molecule is CCCCCCCCCCCCCCOC(=O)C1CCCN1C(=O)OCC. The molecule has 0 aromatic heterocycles. The Bertz CT molecular complexity index is 400. The molecule has 27 heavy (non-hydrogen) atoms. The lowest BCUT2D eigenvalue weighted by Gasteiger charge is -2.22. The van der Waals surface area contributed by atoms with Crippen LogP contribution in [-0.2, 0) is 14.3 Å². The molecule has 5 heteroatoms. The van der Waals surface area contributed by atoms with Crippen LogP contribution in [0.25, 0.3) is 0 Å². The van der Waals surface area contributed by atoms with Crippen LogP contribution in [0.1, 0.15) is 104 Å². The Morgan fingerprint density at radius 2 is 1.37 bits per heavy atom. The number of nitrogens with zero attached hydrogens (tertiary/aromatic N) is 1. The van der Waals surface area contributed by atoms with E-state index in [9.17, 15) is 9.59 Å². The molecule has 1 aliphatic heterocycles. The van der Waals surface area contributed by atoms with Gasteiger partial charge in [-0.1, -0.05) is 77.6 Å². The second kappa shape index (κ2) is 15.8. The summed E-state index contributed by atoms with van der Waals surface area (Å²) in [6.45, 7) is 5.40. The average Bonchev–Trinajstić information content (AvgIpc) is 3.15. The van der Waals surface area contributed by atoms with E-state index in [1.54, 1.807) is 6.92 Å². The normalized spacial score (nSPS) is 16.5. The first-order valence-corrected chi connectivity index (χ1v) is 11.3. The Balaban J connectivity index is 1.96. The summed E-state index contributed by atoms with van der Waals surface area (Å²) < 4.78 is 10.4. The summed E-state index contributed by atoms with van der Waals surface area (Å²) in [5.74, 6) is -0.274. The van der Waals surface area contributed by atoms with Crippen molar-refractivity contribution >= 4 is 12.1 Å². The molecule has 0 bridgehead atoms. The molecular weight excluding hydrogens is 342 g/mol. The molecule has 0 N–H and O–H groups in total. The van der Waals surface area contributed by atoms with Crippen LogP contribution in [0.15, 0.2) is 0 Å². The number of hydrogen-bond donors (Lipinski definition) is 0. The van der Waals surface area contributed by atoms with Gasteiger partial charge in [0, 0.05) is 6.54 Å². The van der Waals surface area contributed by atoms with Gasteiger partial charge in [0.15, 0.2) is 0 Å². The molecule has 1 heterocycles. The molecule has 0 aromatic carbocycles. The predicted molar refractivity (Wildman–Crippen MR) is 109 cm³/mol. The topological polar surface area (TPSA) is 55.8 Å². The van der Waals surface area contributed by atoms with Crippen LogP contribution in [-0.4, -0.2) is 42.8 Å². The molecule has 158 valence electrons. The van der Waals surface area contributed by atoms with Gasteiger partial charge in [-0.15, -0.1) is 0 Å². The molecule has 0 aliphatic carbocycles. The maximum Gasteiger partial charge on any atom is 0.410 e. The van der Waals surface area contributed by atoms with Gasteiger partial charge >= 0.3 is 12.1 Å². The van der Waals surface area contributed by atoms with E-state index in [-0.39, 0.29) is 5.97 Å². The molecule has 1 aliphatic rings. The monoisotopic (exact) mass is 383 g/mol. The van der Waals surface area contributed by atoms with Crippen molar-refractivity contribution in [1.82, 2.24) is 4.90 Å². The highest BCUT2D eigenvalue weighted by Gasteiger charge is 2.36. The number of ether oxygens (including phenoxy) is 2. The lowest BCUT2D eigenvalue weighted by atomic mass is 10.1. The van der Waals surface area contributed by atoms with Gasteiger partial charge in [0.2, 0.25) is 0 Å². The molecule has 0 spiro atoms. The van der Waals surface area contributed by atoms with Crippen molar-refractivity contribution in [3.8, 4) is 0 Å². The third-order valence-corrected chi connectivity index (χ3v) is 5.27. The van der Waals surface area contributed by atoms with Gasteiger partial charge in [-0.25, -0.2) is 9.59 Å². The first-order valence-electron chi connectivity index (χ1n) is 11.3. The molecule has 0 aromatic rings. The molecule has 1 atom stereocenters. The van der Waals surface area contributed by atoms with Crippen LogP contribution in [0.4, 0.5) is 4.79 Å². The Kier molecular flexibility index (Phi) is 13.9. The molecule has 1 rings (SSSR count). The van der Waals surface area contributed by atoms with Crippen LogP contribution in [0, 0.1) is 0 Å². The van der Waals surface area contributed by atoms with Crippen LogP contribution >= 0.6 is 0 Å². The van der Waals surface area contributed by atoms with E-state index in [1.807, 2.05) is 0 Å². The van der Waals surface area contributed by atoms with Crippen molar-refractivity contribution in [1.29, 1.82) is 0 Å². The van der Waals surface area contributed by atoms with E-state index in [0.29, 0.717) is 26.2 Å². The second-order valence-electron chi connectivity index (χ2n) is 7.61. The second-order valence-corrected chi connectivity index (χ2v) is 7.61. The van der Waals surface area contributed by atoms with E-state index in [4.69, 9.17) is 9.47 Å². The number of carbonyl (C=O) groups is 2. The van der Waals surface area contributed by atoms with E-state index in [0.717, 1.165) is 19.3 Å². The van der Waals surface area contributed by atoms with Crippen LogP contribution in [0.2, 0.25) is 0 Å². The summed E-state index contributed by atoms with van der Waals surface area (Å²) in [4.78, 5) is 25.5. The summed E-state index contributed by atoms with van der Waals surface area (Å²) in [5.41, 5.74) is 0. The van der Waals surface area contributed by atoms with Crippen LogP contribution < -0.4 is 0 Å². The minimum Gasteiger partial charge on any atom is -0.464 e. The third kappa shape index (κ3) is 10.6. The number of rotatable bonds is 15. The van der Waals surface area contributed by atoms with Gasteiger partial charge in [-0.05, 0) is 26.2 Å². The Morgan fingerprint density at radius 3 is 1.93 bits per heavy atom. The lowest BCUT2D eigenvalue weighted by molar-refractivity contribution is -0.148. The van der Waals surface area contributed by atoms with Gasteiger partial charge in [-0.2, -0.15) is 0 Å². The van der Waals surface area contributed by atoms with Crippen molar-refractivity contribution < 1.29 is 19.1 Å². The Morgan fingerprint density at radius 1 is 0.815 bits per heavy atom. The summed E-state index contributed by atoms with van der Waals surface area (Å²) in [6.07, 6.45) is 16.6. The first kappa shape index (κ1) is 23.8. The summed E-state index contributed by atoms with van der Waals surface area (Å²) in [6, 6.07) is -0.457. The highest BCUT2D eigenvalue weighted by atomic mass is 16.6.